The lowest BCUT2D eigenvalue weighted by molar-refractivity contribution is 0.129. The maximum Gasteiger partial charge on any atom is 0.115 e. The predicted octanol–water partition coefficient (Wildman–Crippen LogP) is 2.52. The number of fused-ring (bicyclic) bond motifs is 1. The summed E-state index contributed by atoms with van der Waals surface area (Å²) in [4.78, 5) is 0. The summed E-state index contributed by atoms with van der Waals surface area (Å²) in [6, 6.07) is 6.06. The average molecular weight is 261 g/mol. The van der Waals surface area contributed by atoms with E-state index in [1.54, 1.807) is 6.07 Å². The summed E-state index contributed by atoms with van der Waals surface area (Å²) in [6.07, 6.45) is 6.54. The molecule has 104 valence electrons. The van der Waals surface area contributed by atoms with Crippen LogP contribution in [-0.2, 0) is 6.42 Å². The van der Waals surface area contributed by atoms with Crippen molar-refractivity contribution in [3.05, 3.63) is 29.3 Å². The fourth-order valence-corrected chi connectivity index (χ4v) is 3.55. The highest BCUT2D eigenvalue weighted by molar-refractivity contribution is 5.38. The number of hydrogen-bond acceptors (Lipinski definition) is 3. The van der Waals surface area contributed by atoms with Gasteiger partial charge in [-0.1, -0.05) is 12.5 Å². The molecule has 0 radical (unpaired) electrons. The molecule has 3 rings (SSSR count). The van der Waals surface area contributed by atoms with Crippen molar-refractivity contribution < 1.29 is 10.2 Å². The zero-order valence-corrected chi connectivity index (χ0v) is 11.3. The van der Waals surface area contributed by atoms with Gasteiger partial charge in [-0.25, -0.2) is 0 Å². The van der Waals surface area contributed by atoms with E-state index in [9.17, 15) is 10.2 Å². The molecular weight excluding hydrogens is 238 g/mol. The largest absolute Gasteiger partial charge is 0.508 e. The van der Waals surface area contributed by atoms with Gasteiger partial charge in [-0.15, -0.1) is 0 Å². The average Bonchev–Trinajstić information content (AvgIpc) is 2.82. The van der Waals surface area contributed by atoms with Crippen molar-refractivity contribution in [3.63, 3.8) is 0 Å². The molecule has 2 aliphatic carbocycles. The molecule has 0 bridgehead atoms. The van der Waals surface area contributed by atoms with Crippen LogP contribution in [0.15, 0.2) is 18.2 Å². The van der Waals surface area contributed by atoms with Gasteiger partial charge in [-0.3, -0.25) is 0 Å². The number of nitrogens with one attached hydrogen (secondary N) is 1. The number of aliphatic hydroxyl groups excluding tert-OH is 1. The van der Waals surface area contributed by atoms with E-state index >= 15 is 0 Å². The molecule has 0 spiro atoms. The molecule has 3 N–H and O–H groups in total. The Kier molecular flexibility index (Phi) is 3.76. The summed E-state index contributed by atoms with van der Waals surface area (Å²) >= 11 is 0. The third-order valence-electron chi connectivity index (χ3n) is 4.69. The highest BCUT2D eigenvalue weighted by Gasteiger charge is 2.27. The number of rotatable bonds is 3. The third kappa shape index (κ3) is 2.77. The Balaban J connectivity index is 1.67. The van der Waals surface area contributed by atoms with Gasteiger partial charge in [0.05, 0.1) is 6.10 Å². The van der Waals surface area contributed by atoms with Crippen LogP contribution < -0.4 is 5.32 Å². The summed E-state index contributed by atoms with van der Waals surface area (Å²) in [7, 11) is 0. The number of aliphatic hydroxyl groups is 1. The molecule has 1 unspecified atom stereocenters. The first-order valence-electron chi connectivity index (χ1n) is 7.47. The van der Waals surface area contributed by atoms with Crippen molar-refractivity contribution in [2.75, 3.05) is 6.54 Å². The van der Waals surface area contributed by atoms with Gasteiger partial charge in [-0.05, 0) is 61.3 Å². The first-order valence-corrected chi connectivity index (χ1v) is 7.47. The molecule has 1 saturated carbocycles. The Bertz CT molecular complexity index is 446. The van der Waals surface area contributed by atoms with Gasteiger partial charge in [0.25, 0.3) is 0 Å². The van der Waals surface area contributed by atoms with Crippen LogP contribution in [0.1, 0.15) is 49.3 Å². The lowest BCUT2D eigenvalue weighted by Crippen LogP contribution is -2.32. The fraction of sp³-hybridized carbons (Fsp3) is 0.625. The molecule has 0 aliphatic heterocycles. The van der Waals surface area contributed by atoms with Crippen LogP contribution in [0.4, 0.5) is 0 Å². The maximum atomic E-state index is 9.88. The van der Waals surface area contributed by atoms with Crippen LogP contribution in [0.25, 0.3) is 0 Å². The minimum atomic E-state index is -0.125. The topological polar surface area (TPSA) is 52.5 Å². The highest BCUT2D eigenvalue weighted by Crippen LogP contribution is 2.33. The van der Waals surface area contributed by atoms with Crippen LogP contribution in [0.3, 0.4) is 0 Å². The quantitative estimate of drug-likeness (QED) is 0.783. The Morgan fingerprint density at radius 3 is 2.84 bits per heavy atom. The van der Waals surface area contributed by atoms with Gasteiger partial charge in [0.1, 0.15) is 5.75 Å². The number of aromatic hydroxyl groups is 1. The number of benzene rings is 1. The maximum absolute atomic E-state index is 9.88. The number of phenols is 1. The van der Waals surface area contributed by atoms with Crippen LogP contribution in [0, 0.1) is 5.92 Å². The van der Waals surface area contributed by atoms with Crippen molar-refractivity contribution in [3.8, 4) is 5.75 Å². The lowest BCUT2D eigenvalue weighted by Gasteiger charge is -2.28. The molecule has 0 aromatic heterocycles. The molecule has 0 amide bonds. The van der Waals surface area contributed by atoms with Crippen molar-refractivity contribution in [1.82, 2.24) is 5.32 Å². The molecule has 1 fully saturated rings. The number of hydrogen-bond donors (Lipinski definition) is 3. The van der Waals surface area contributed by atoms with Gasteiger partial charge in [0, 0.05) is 12.6 Å². The van der Waals surface area contributed by atoms with E-state index in [0.29, 0.717) is 17.7 Å². The van der Waals surface area contributed by atoms with Crippen LogP contribution in [-0.4, -0.2) is 22.9 Å². The Morgan fingerprint density at radius 2 is 2.05 bits per heavy atom. The van der Waals surface area contributed by atoms with E-state index in [2.05, 4.69) is 5.32 Å². The van der Waals surface area contributed by atoms with Crippen LogP contribution in [0.2, 0.25) is 0 Å². The minimum Gasteiger partial charge on any atom is -0.508 e. The van der Waals surface area contributed by atoms with Gasteiger partial charge < -0.3 is 15.5 Å². The standard InChI is InChI=1S/C16H23NO2/c18-13-8-7-11-3-1-5-15(14(11)9-13)17-10-12-4-2-6-16(12)19/h7-9,12,15-19H,1-6,10H2/t12-,15?,16+/m0/s1. The minimum absolute atomic E-state index is 0.125. The predicted molar refractivity (Wildman–Crippen MR) is 75.1 cm³/mol. The van der Waals surface area contributed by atoms with Gasteiger partial charge in [-0.2, -0.15) is 0 Å². The molecule has 0 heterocycles. The summed E-state index contributed by atoms with van der Waals surface area (Å²) < 4.78 is 0. The second-order valence-corrected chi connectivity index (χ2v) is 5.99. The van der Waals surface area contributed by atoms with Crippen LogP contribution >= 0.6 is 0 Å². The van der Waals surface area contributed by atoms with Gasteiger partial charge >= 0.3 is 0 Å². The highest BCUT2D eigenvalue weighted by atomic mass is 16.3. The van der Waals surface area contributed by atoms with E-state index in [4.69, 9.17) is 0 Å². The van der Waals surface area contributed by atoms with E-state index in [1.165, 1.54) is 17.5 Å². The molecule has 3 atom stereocenters. The molecule has 1 aromatic rings. The third-order valence-corrected chi connectivity index (χ3v) is 4.69. The smallest absolute Gasteiger partial charge is 0.115 e. The summed E-state index contributed by atoms with van der Waals surface area (Å²) in [5, 5.41) is 23.1. The molecule has 3 heteroatoms. The second-order valence-electron chi connectivity index (χ2n) is 5.99. The van der Waals surface area contributed by atoms with E-state index in [-0.39, 0.29) is 6.10 Å². The summed E-state index contributed by atoms with van der Waals surface area (Å²) in [5.41, 5.74) is 2.60. The molecular formula is C16H23NO2. The number of phenolic OH excluding ortho intramolecular Hbond substituents is 1. The Morgan fingerprint density at radius 1 is 1.16 bits per heavy atom. The Labute approximate surface area is 114 Å². The summed E-state index contributed by atoms with van der Waals surface area (Å²) in [6.45, 7) is 0.890. The zero-order chi connectivity index (χ0) is 13.2. The number of aryl methyl sites for hydroxylation is 1. The van der Waals surface area contributed by atoms with Gasteiger partial charge in [0.15, 0.2) is 0 Å². The van der Waals surface area contributed by atoms with Gasteiger partial charge in [0.2, 0.25) is 0 Å². The lowest BCUT2D eigenvalue weighted by atomic mass is 9.87. The molecule has 0 saturated heterocycles. The monoisotopic (exact) mass is 261 g/mol. The first kappa shape index (κ1) is 12.9. The SMILES string of the molecule is Oc1ccc2c(c1)C(NC[C@@H]1CCC[C@H]1O)CCC2. The van der Waals surface area contributed by atoms with E-state index in [0.717, 1.165) is 38.6 Å². The fourth-order valence-electron chi connectivity index (χ4n) is 3.55. The normalized spacial score (nSPS) is 30.3. The van der Waals surface area contributed by atoms with E-state index < -0.39 is 0 Å². The molecule has 19 heavy (non-hydrogen) atoms. The molecule has 1 aromatic carbocycles. The van der Waals surface area contributed by atoms with Crippen LogP contribution in [0.5, 0.6) is 5.75 Å². The second kappa shape index (κ2) is 5.51. The van der Waals surface area contributed by atoms with Crippen molar-refractivity contribution in [2.24, 2.45) is 5.92 Å². The zero-order valence-electron chi connectivity index (χ0n) is 11.3. The Hall–Kier alpha value is -1.06. The summed E-state index contributed by atoms with van der Waals surface area (Å²) in [5.74, 6) is 0.760. The molecule has 2 aliphatic rings. The first-order chi connectivity index (χ1) is 9.24. The van der Waals surface area contributed by atoms with Crippen molar-refractivity contribution in [1.29, 1.82) is 0 Å². The van der Waals surface area contributed by atoms with E-state index in [1.807, 2.05) is 12.1 Å². The van der Waals surface area contributed by atoms with Crippen molar-refractivity contribution >= 4 is 0 Å². The van der Waals surface area contributed by atoms with Crippen molar-refractivity contribution in [2.45, 2.75) is 50.7 Å². The molecule has 3 nitrogen and oxygen atoms in total.